The van der Waals surface area contributed by atoms with Gasteiger partial charge in [0, 0.05) is 50.0 Å². The summed E-state index contributed by atoms with van der Waals surface area (Å²) in [6, 6.07) is 63.7. The van der Waals surface area contributed by atoms with Gasteiger partial charge in [0.1, 0.15) is 11.2 Å². The average Bonchev–Trinajstić information content (AvgIpc) is 3.81. The van der Waals surface area contributed by atoms with Gasteiger partial charge in [-0.3, -0.25) is 9.78 Å². The molecule has 0 aliphatic heterocycles. The molecule has 0 atom stereocenters. The maximum atomic E-state index is 14.4. The van der Waals surface area contributed by atoms with E-state index >= 15 is 0 Å². The minimum Gasteiger partial charge on any atom is -0.456 e. The lowest BCUT2D eigenvalue weighted by atomic mass is 9.80. The van der Waals surface area contributed by atoms with E-state index in [-0.39, 0.29) is 5.43 Å². The number of pyridine rings is 1. The number of fused-ring (bicyclic) bond motifs is 16. The summed E-state index contributed by atoms with van der Waals surface area (Å²) in [7, 11) is 0. The molecular weight excluding hydrogens is 723 g/mol. The monoisotopic (exact) mass is 753 g/mol. The highest BCUT2D eigenvalue weighted by atomic mass is 16.3. The lowest BCUT2D eigenvalue weighted by Crippen LogP contribution is -2.08. The molecule has 12 aromatic rings. The molecule has 5 nitrogen and oxygen atoms in total. The second-order valence-corrected chi connectivity index (χ2v) is 15.4. The van der Waals surface area contributed by atoms with Crippen molar-refractivity contribution in [2.45, 2.75) is 0 Å². The van der Waals surface area contributed by atoms with E-state index in [1.165, 1.54) is 21.5 Å². The van der Waals surface area contributed by atoms with Crippen LogP contribution in [0.15, 0.2) is 197 Å². The maximum Gasteiger partial charge on any atom is 0.200 e. The van der Waals surface area contributed by atoms with Crippen LogP contribution in [0.4, 0.5) is 0 Å². The number of para-hydroxylation sites is 5. The van der Waals surface area contributed by atoms with Crippen LogP contribution in [0.3, 0.4) is 0 Å². The topological polar surface area (TPSA) is 53.0 Å². The van der Waals surface area contributed by atoms with Crippen LogP contribution in [-0.2, 0) is 0 Å². The molecule has 274 valence electrons. The number of nitrogens with zero attached hydrogens (tertiary/aromatic N) is 3. The Morgan fingerprint density at radius 2 is 0.847 bits per heavy atom. The summed E-state index contributed by atoms with van der Waals surface area (Å²) >= 11 is 0. The quantitative estimate of drug-likeness (QED) is 0.165. The Bertz CT molecular complexity index is 3720. The van der Waals surface area contributed by atoms with Crippen LogP contribution in [0.2, 0.25) is 0 Å². The van der Waals surface area contributed by atoms with E-state index in [4.69, 9.17) is 9.40 Å². The van der Waals surface area contributed by atoms with E-state index in [2.05, 4.69) is 149 Å². The molecule has 0 saturated carbocycles. The highest BCUT2D eigenvalue weighted by molar-refractivity contribution is 6.15. The zero-order valence-corrected chi connectivity index (χ0v) is 31.6. The smallest absolute Gasteiger partial charge is 0.200 e. The molecule has 0 saturated heterocycles. The van der Waals surface area contributed by atoms with Gasteiger partial charge >= 0.3 is 0 Å². The van der Waals surface area contributed by atoms with Crippen LogP contribution in [0, 0.1) is 0 Å². The molecule has 1 aliphatic carbocycles. The van der Waals surface area contributed by atoms with Crippen LogP contribution in [0.1, 0.15) is 0 Å². The molecule has 0 unspecified atom stereocenters. The van der Waals surface area contributed by atoms with Crippen molar-refractivity contribution in [3.63, 3.8) is 0 Å². The molecular formula is C54H31N3O2. The number of hydrogen-bond donors (Lipinski definition) is 0. The van der Waals surface area contributed by atoms with Crippen molar-refractivity contribution < 1.29 is 4.42 Å². The van der Waals surface area contributed by atoms with Gasteiger partial charge < -0.3 is 13.6 Å². The summed E-state index contributed by atoms with van der Waals surface area (Å²) < 4.78 is 11.4. The Hall–Kier alpha value is -8.02. The molecule has 0 amide bonds. The molecule has 5 heteroatoms. The fourth-order valence-corrected chi connectivity index (χ4v) is 9.90. The van der Waals surface area contributed by atoms with E-state index in [0.717, 1.165) is 78.1 Å². The fraction of sp³-hybridized carbons (Fsp3) is 0. The van der Waals surface area contributed by atoms with Gasteiger partial charge in [-0.05, 0) is 83.4 Å². The summed E-state index contributed by atoms with van der Waals surface area (Å²) in [5, 5.41) is 5.86. The Balaban J connectivity index is 1.27. The van der Waals surface area contributed by atoms with Crippen molar-refractivity contribution in [3.05, 3.63) is 198 Å². The summed E-state index contributed by atoms with van der Waals surface area (Å²) in [6.07, 6.45) is 1.86. The third-order valence-electron chi connectivity index (χ3n) is 12.3. The van der Waals surface area contributed by atoms with Crippen molar-refractivity contribution in [2.24, 2.45) is 0 Å². The predicted octanol–water partition coefficient (Wildman–Crippen LogP) is 13.5. The van der Waals surface area contributed by atoms with Gasteiger partial charge in [0.15, 0.2) is 0 Å². The lowest BCUT2D eigenvalue weighted by Gasteiger charge is -2.27. The van der Waals surface area contributed by atoms with Crippen molar-refractivity contribution in [1.29, 1.82) is 0 Å². The first-order valence-electron chi connectivity index (χ1n) is 19.9. The minimum atomic E-state index is -0.0561. The van der Waals surface area contributed by atoms with Crippen LogP contribution in [-0.4, -0.2) is 14.1 Å². The van der Waals surface area contributed by atoms with Gasteiger partial charge in [0.2, 0.25) is 5.43 Å². The average molecular weight is 754 g/mol. The van der Waals surface area contributed by atoms with Crippen LogP contribution in [0.25, 0.3) is 122 Å². The standard InChI is InChI=1S/C54H31N3O2/c58-54-39-18-5-10-28-49(39)59-50-31-41-40(30-42(50)54)37-20-12-27-48(57-45-24-8-3-16-34(45)35-17-4-9-25-46(35)57)52(37)51-36(38-21-13-29-55-53(38)41)19-11-26-47(51)56-43-22-6-1-14-32(43)33-15-2-7-23-44(33)56/h1-31H. The van der Waals surface area contributed by atoms with Crippen LogP contribution < -0.4 is 5.43 Å². The number of rotatable bonds is 2. The lowest BCUT2D eigenvalue weighted by molar-refractivity contribution is 0.660. The maximum absolute atomic E-state index is 14.4. The molecule has 0 spiro atoms. The number of benzene rings is 8. The zero-order valence-electron chi connectivity index (χ0n) is 31.6. The first kappa shape index (κ1) is 32.1. The molecule has 0 N–H and O–H groups in total. The predicted molar refractivity (Wildman–Crippen MR) is 242 cm³/mol. The Morgan fingerprint density at radius 3 is 1.41 bits per heavy atom. The second-order valence-electron chi connectivity index (χ2n) is 15.4. The van der Waals surface area contributed by atoms with Gasteiger partial charge in [0.25, 0.3) is 0 Å². The fourth-order valence-electron chi connectivity index (χ4n) is 9.90. The molecule has 4 heterocycles. The van der Waals surface area contributed by atoms with Crippen LogP contribution in [0.5, 0.6) is 0 Å². The zero-order chi connectivity index (χ0) is 38.8. The van der Waals surface area contributed by atoms with Crippen molar-refractivity contribution in [3.8, 4) is 56.0 Å². The van der Waals surface area contributed by atoms with Gasteiger partial charge in [0.05, 0.1) is 49.9 Å². The largest absolute Gasteiger partial charge is 0.456 e. The first-order chi connectivity index (χ1) is 29.2. The van der Waals surface area contributed by atoms with E-state index in [0.29, 0.717) is 21.9 Å². The number of hydrogen-bond acceptors (Lipinski definition) is 3. The van der Waals surface area contributed by atoms with Gasteiger partial charge in [-0.15, -0.1) is 0 Å². The van der Waals surface area contributed by atoms with Gasteiger partial charge in [-0.25, -0.2) is 0 Å². The molecule has 1 aliphatic rings. The van der Waals surface area contributed by atoms with Crippen molar-refractivity contribution in [1.82, 2.24) is 14.1 Å². The third kappa shape index (κ3) is 4.39. The van der Waals surface area contributed by atoms with Crippen molar-refractivity contribution >= 4 is 65.6 Å². The summed E-state index contributed by atoms with van der Waals surface area (Å²) in [5.74, 6) is 0. The summed E-state index contributed by atoms with van der Waals surface area (Å²) in [6.45, 7) is 0. The number of aromatic nitrogens is 3. The molecule has 8 aromatic carbocycles. The Kier molecular flexibility index (Phi) is 6.53. The molecule has 0 radical (unpaired) electrons. The van der Waals surface area contributed by atoms with Crippen molar-refractivity contribution in [2.75, 3.05) is 0 Å². The summed E-state index contributed by atoms with van der Waals surface area (Å²) in [5.41, 5.74) is 15.5. The first-order valence-corrected chi connectivity index (χ1v) is 19.9. The minimum absolute atomic E-state index is 0.0561. The van der Waals surface area contributed by atoms with Gasteiger partial charge in [-0.2, -0.15) is 0 Å². The van der Waals surface area contributed by atoms with E-state index < -0.39 is 0 Å². The molecule has 4 aromatic heterocycles. The van der Waals surface area contributed by atoms with Crippen LogP contribution >= 0.6 is 0 Å². The highest BCUT2D eigenvalue weighted by Gasteiger charge is 2.30. The van der Waals surface area contributed by atoms with E-state index in [1.807, 2.05) is 48.7 Å². The summed E-state index contributed by atoms with van der Waals surface area (Å²) in [4.78, 5) is 19.5. The molecule has 13 rings (SSSR count). The van der Waals surface area contributed by atoms with Gasteiger partial charge in [-0.1, -0.05) is 115 Å². The second kappa shape index (κ2) is 12.0. The molecule has 0 fully saturated rings. The van der Waals surface area contributed by atoms with E-state index in [9.17, 15) is 4.79 Å². The molecule has 59 heavy (non-hydrogen) atoms. The molecule has 0 bridgehead atoms. The highest BCUT2D eigenvalue weighted by Crippen LogP contribution is 2.53. The SMILES string of the molecule is O=c1c2ccccc2oc2cc3c(cc12)-c1cccc(-n2c4ccccc4c4ccccc42)c1-c1c(cccc1-n1c2ccccc2c2ccccc21)-c1cccnc1-3. The normalized spacial score (nSPS) is 12.1. The van der Waals surface area contributed by atoms with E-state index in [1.54, 1.807) is 0 Å². The third-order valence-corrected chi connectivity index (χ3v) is 12.3. The Morgan fingerprint density at radius 1 is 0.373 bits per heavy atom. The Labute approximate surface area is 337 Å².